The Morgan fingerprint density at radius 1 is 1.03 bits per heavy atom. The molecule has 0 unspecified atom stereocenters. The van der Waals surface area contributed by atoms with Crippen LogP contribution < -0.4 is 20.1 Å². The molecule has 0 aliphatic carbocycles. The molecular weight excluding hydrogens is 466 g/mol. The maximum absolute atomic E-state index is 12.6. The SMILES string of the molecule is COc1ccc(-c2ccc(N3CCC(C(=O)NCCc4ccc(S(N)(=O)=O)cc4)CC3)nn2)cc1. The van der Waals surface area contributed by atoms with Gasteiger partial charge in [-0.15, -0.1) is 10.2 Å². The molecule has 0 saturated carbocycles. The molecule has 3 aromatic rings. The van der Waals surface area contributed by atoms with Crippen LogP contribution in [0.25, 0.3) is 11.3 Å². The van der Waals surface area contributed by atoms with Gasteiger partial charge in [-0.3, -0.25) is 4.79 Å². The van der Waals surface area contributed by atoms with Crippen molar-refractivity contribution < 1.29 is 17.9 Å². The molecule has 9 nitrogen and oxygen atoms in total. The molecule has 1 fully saturated rings. The molecule has 4 rings (SSSR count). The van der Waals surface area contributed by atoms with E-state index < -0.39 is 10.0 Å². The van der Waals surface area contributed by atoms with Gasteiger partial charge in [0.25, 0.3) is 0 Å². The number of sulfonamides is 1. The lowest BCUT2D eigenvalue weighted by molar-refractivity contribution is -0.125. The second-order valence-electron chi connectivity index (χ2n) is 8.50. The number of piperidine rings is 1. The number of amides is 1. The smallest absolute Gasteiger partial charge is 0.238 e. The third-order valence-electron chi connectivity index (χ3n) is 6.19. The van der Waals surface area contributed by atoms with Crippen LogP contribution in [-0.2, 0) is 21.2 Å². The number of rotatable bonds is 8. The maximum atomic E-state index is 12.6. The highest BCUT2D eigenvalue weighted by atomic mass is 32.2. The third kappa shape index (κ3) is 6.34. The molecule has 0 bridgehead atoms. The largest absolute Gasteiger partial charge is 0.497 e. The minimum Gasteiger partial charge on any atom is -0.497 e. The molecule has 1 amide bonds. The van der Waals surface area contributed by atoms with E-state index in [1.165, 1.54) is 12.1 Å². The normalized spacial score (nSPS) is 14.5. The first-order valence-corrected chi connectivity index (χ1v) is 13.0. The summed E-state index contributed by atoms with van der Waals surface area (Å²) in [6, 6.07) is 18.0. The van der Waals surface area contributed by atoms with Crippen LogP contribution in [0.3, 0.4) is 0 Å². The minimum absolute atomic E-state index is 0.0393. The van der Waals surface area contributed by atoms with E-state index in [-0.39, 0.29) is 16.7 Å². The zero-order valence-electron chi connectivity index (χ0n) is 19.6. The Morgan fingerprint density at radius 2 is 1.71 bits per heavy atom. The zero-order valence-corrected chi connectivity index (χ0v) is 20.4. The quantitative estimate of drug-likeness (QED) is 0.491. The van der Waals surface area contributed by atoms with Gasteiger partial charge in [0.1, 0.15) is 5.75 Å². The van der Waals surface area contributed by atoms with Crippen molar-refractivity contribution in [2.75, 3.05) is 31.6 Å². The lowest BCUT2D eigenvalue weighted by atomic mass is 9.96. The van der Waals surface area contributed by atoms with Crippen LogP contribution in [-0.4, -0.2) is 51.3 Å². The molecule has 10 heteroatoms. The van der Waals surface area contributed by atoms with Crippen LogP contribution in [0.1, 0.15) is 18.4 Å². The third-order valence-corrected chi connectivity index (χ3v) is 7.12. The van der Waals surface area contributed by atoms with Crippen molar-refractivity contribution in [3.63, 3.8) is 0 Å². The molecule has 0 spiro atoms. The summed E-state index contributed by atoms with van der Waals surface area (Å²) in [4.78, 5) is 14.8. The number of nitrogens with one attached hydrogen (secondary N) is 1. The van der Waals surface area contributed by atoms with Gasteiger partial charge < -0.3 is 15.0 Å². The number of nitrogens with zero attached hydrogens (tertiary/aromatic N) is 3. The van der Waals surface area contributed by atoms with E-state index in [0.29, 0.717) is 13.0 Å². The summed E-state index contributed by atoms with van der Waals surface area (Å²) >= 11 is 0. The molecular formula is C25H29N5O4S. The zero-order chi connectivity index (χ0) is 24.8. The summed E-state index contributed by atoms with van der Waals surface area (Å²) in [5.74, 6) is 1.61. The highest BCUT2D eigenvalue weighted by Crippen LogP contribution is 2.24. The highest BCUT2D eigenvalue weighted by Gasteiger charge is 2.25. The second kappa shape index (κ2) is 10.8. The Balaban J connectivity index is 1.23. The molecule has 0 atom stereocenters. The van der Waals surface area contributed by atoms with Gasteiger partial charge >= 0.3 is 0 Å². The van der Waals surface area contributed by atoms with Gasteiger partial charge in [0.15, 0.2) is 5.82 Å². The highest BCUT2D eigenvalue weighted by molar-refractivity contribution is 7.89. The lowest BCUT2D eigenvalue weighted by Gasteiger charge is -2.31. The Bertz CT molecular complexity index is 1240. The molecule has 2 heterocycles. The van der Waals surface area contributed by atoms with Crippen molar-refractivity contribution in [1.82, 2.24) is 15.5 Å². The lowest BCUT2D eigenvalue weighted by Crippen LogP contribution is -2.41. The summed E-state index contributed by atoms with van der Waals surface area (Å²) < 4.78 is 27.9. The van der Waals surface area contributed by atoms with Crippen LogP contribution in [0.2, 0.25) is 0 Å². The molecule has 2 aromatic carbocycles. The van der Waals surface area contributed by atoms with Gasteiger partial charge in [-0.1, -0.05) is 12.1 Å². The van der Waals surface area contributed by atoms with Crippen LogP contribution in [0.4, 0.5) is 5.82 Å². The number of anilines is 1. The maximum Gasteiger partial charge on any atom is 0.238 e. The Kier molecular flexibility index (Phi) is 7.62. The van der Waals surface area contributed by atoms with Gasteiger partial charge in [0.05, 0.1) is 17.7 Å². The van der Waals surface area contributed by atoms with Crippen molar-refractivity contribution in [3.05, 3.63) is 66.2 Å². The number of ether oxygens (including phenoxy) is 1. The summed E-state index contributed by atoms with van der Waals surface area (Å²) in [5, 5.41) is 16.9. The molecule has 1 aromatic heterocycles. The summed E-state index contributed by atoms with van der Waals surface area (Å²) in [6.07, 6.45) is 2.11. The van der Waals surface area contributed by atoms with Crippen molar-refractivity contribution in [2.45, 2.75) is 24.2 Å². The van der Waals surface area contributed by atoms with Crippen LogP contribution in [0.15, 0.2) is 65.6 Å². The van der Waals surface area contributed by atoms with Crippen LogP contribution in [0, 0.1) is 5.92 Å². The predicted molar refractivity (Wildman–Crippen MR) is 133 cm³/mol. The van der Waals surface area contributed by atoms with Gasteiger partial charge in [-0.25, -0.2) is 13.6 Å². The van der Waals surface area contributed by atoms with E-state index in [2.05, 4.69) is 20.4 Å². The first kappa shape index (κ1) is 24.6. The number of benzene rings is 2. The van der Waals surface area contributed by atoms with Gasteiger partial charge in [-0.2, -0.15) is 0 Å². The Labute approximate surface area is 205 Å². The van der Waals surface area contributed by atoms with Crippen molar-refractivity contribution >= 4 is 21.7 Å². The summed E-state index contributed by atoms with van der Waals surface area (Å²) in [7, 11) is -2.06. The molecule has 0 radical (unpaired) electrons. The van der Waals surface area contributed by atoms with E-state index >= 15 is 0 Å². The molecule has 184 valence electrons. The van der Waals surface area contributed by atoms with E-state index in [9.17, 15) is 13.2 Å². The number of nitrogens with two attached hydrogens (primary N) is 1. The van der Waals surface area contributed by atoms with Gasteiger partial charge in [-0.05, 0) is 73.4 Å². The van der Waals surface area contributed by atoms with Gasteiger partial charge in [0, 0.05) is 31.1 Å². The number of hydrogen-bond acceptors (Lipinski definition) is 7. The van der Waals surface area contributed by atoms with E-state index in [4.69, 9.17) is 9.88 Å². The minimum atomic E-state index is -3.70. The standard InChI is InChI=1S/C25H29N5O4S/c1-34-21-6-4-19(5-7-21)23-10-11-24(29-28-23)30-16-13-20(14-17-30)25(31)27-15-12-18-2-8-22(9-3-18)35(26,32)33/h2-11,20H,12-17H2,1H3,(H,27,31)(H2,26,32,33). The van der Waals surface area contributed by atoms with Crippen molar-refractivity contribution in [2.24, 2.45) is 11.1 Å². The van der Waals surface area contributed by atoms with Crippen LogP contribution in [0.5, 0.6) is 5.75 Å². The average Bonchev–Trinajstić information content (AvgIpc) is 2.89. The topological polar surface area (TPSA) is 128 Å². The van der Waals surface area contributed by atoms with E-state index in [1.54, 1.807) is 19.2 Å². The van der Waals surface area contributed by atoms with Crippen LogP contribution >= 0.6 is 0 Å². The number of carbonyl (C=O) groups excluding carboxylic acids is 1. The van der Waals surface area contributed by atoms with Crippen molar-refractivity contribution in [1.29, 1.82) is 0 Å². The average molecular weight is 496 g/mol. The van der Waals surface area contributed by atoms with Gasteiger partial charge in [0.2, 0.25) is 15.9 Å². The number of carbonyl (C=O) groups is 1. The fourth-order valence-electron chi connectivity index (χ4n) is 4.10. The van der Waals surface area contributed by atoms with Crippen molar-refractivity contribution in [3.8, 4) is 17.0 Å². The first-order chi connectivity index (χ1) is 16.8. The number of aromatic nitrogens is 2. The molecule has 1 aliphatic rings. The summed E-state index contributed by atoms with van der Waals surface area (Å²) in [6.45, 7) is 1.97. The molecule has 35 heavy (non-hydrogen) atoms. The Morgan fingerprint density at radius 3 is 2.29 bits per heavy atom. The van der Waals surface area contributed by atoms with E-state index in [0.717, 1.165) is 54.3 Å². The fraction of sp³-hybridized carbons (Fsp3) is 0.320. The molecule has 1 saturated heterocycles. The number of methoxy groups -OCH3 is 1. The van der Waals surface area contributed by atoms with E-state index in [1.807, 2.05) is 36.4 Å². The predicted octanol–water partition coefficient (Wildman–Crippen LogP) is 2.37. The summed E-state index contributed by atoms with van der Waals surface area (Å²) in [5.41, 5.74) is 2.70. The number of primary sulfonamides is 1. The first-order valence-electron chi connectivity index (χ1n) is 11.5. The Hall–Kier alpha value is -3.50. The molecule has 1 aliphatic heterocycles. The monoisotopic (exact) mass is 495 g/mol. The fourth-order valence-corrected chi connectivity index (χ4v) is 4.62. The second-order valence-corrected chi connectivity index (χ2v) is 10.1. The number of hydrogen-bond donors (Lipinski definition) is 2. The molecule has 3 N–H and O–H groups in total.